The van der Waals surface area contributed by atoms with Gasteiger partial charge in [-0.15, -0.1) is 0 Å². The lowest BCUT2D eigenvalue weighted by atomic mass is 10.0. The first kappa shape index (κ1) is 17.1. The first-order valence-electron chi connectivity index (χ1n) is 8.15. The molecule has 1 aliphatic heterocycles. The molecule has 132 valence electrons. The van der Waals surface area contributed by atoms with Gasteiger partial charge in [0.15, 0.2) is 5.15 Å². The molecule has 0 saturated heterocycles. The molecular formula is C19H15BrClN3O2. The fourth-order valence-corrected chi connectivity index (χ4v) is 3.64. The molecule has 2 aromatic heterocycles. The summed E-state index contributed by atoms with van der Waals surface area (Å²) in [5.74, 6) is 0.614. The molecular weight excluding hydrogens is 418 g/mol. The van der Waals surface area contributed by atoms with E-state index in [1.165, 1.54) is 6.08 Å². The SMILES string of the molecule is O=C(/C=C/c1c(Cl)nc2ccccn12)NC1CCOc2ccc(Br)cc21. The zero-order chi connectivity index (χ0) is 18.1. The molecule has 4 rings (SSSR count). The van der Waals surface area contributed by atoms with Crippen molar-refractivity contribution in [1.82, 2.24) is 14.7 Å². The van der Waals surface area contributed by atoms with Gasteiger partial charge in [0.1, 0.15) is 11.4 Å². The summed E-state index contributed by atoms with van der Waals surface area (Å²) in [5.41, 5.74) is 2.38. The van der Waals surface area contributed by atoms with E-state index in [2.05, 4.69) is 26.2 Å². The highest BCUT2D eigenvalue weighted by atomic mass is 79.9. The molecule has 0 saturated carbocycles. The zero-order valence-corrected chi connectivity index (χ0v) is 16.0. The van der Waals surface area contributed by atoms with Gasteiger partial charge in [0.05, 0.1) is 18.3 Å². The van der Waals surface area contributed by atoms with Gasteiger partial charge in [0.2, 0.25) is 5.91 Å². The van der Waals surface area contributed by atoms with Crippen LogP contribution in [0.5, 0.6) is 5.75 Å². The van der Waals surface area contributed by atoms with Gasteiger partial charge < -0.3 is 10.1 Å². The van der Waals surface area contributed by atoms with Crippen LogP contribution in [0.1, 0.15) is 23.7 Å². The van der Waals surface area contributed by atoms with E-state index in [-0.39, 0.29) is 11.9 Å². The van der Waals surface area contributed by atoms with Crippen molar-refractivity contribution in [2.75, 3.05) is 6.61 Å². The van der Waals surface area contributed by atoms with Crippen LogP contribution in [0.4, 0.5) is 0 Å². The number of halogens is 2. The van der Waals surface area contributed by atoms with E-state index in [4.69, 9.17) is 16.3 Å². The van der Waals surface area contributed by atoms with Gasteiger partial charge in [-0.2, -0.15) is 0 Å². The third-order valence-corrected chi connectivity index (χ3v) is 5.01. The number of aromatic nitrogens is 2. The lowest BCUT2D eigenvalue weighted by molar-refractivity contribution is -0.117. The van der Waals surface area contributed by atoms with E-state index in [9.17, 15) is 4.79 Å². The number of hydrogen-bond acceptors (Lipinski definition) is 3. The topological polar surface area (TPSA) is 55.6 Å². The number of pyridine rings is 1. The van der Waals surface area contributed by atoms with Crippen LogP contribution in [0, 0.1) is 0 Å². The fraction of sp³-hybridized carbons (Fsp3) is 0.158. The summed E-state index contributed by atoms with van der Waals surface area (Å²) < 4.78 is 8.45. The first-order valence-corrected chi connectivity index (χ1v) is 9.32. The second-order valence-corrected chi connectivity index (χ2v) is 7.20. The largest absolute Gasteiger partial charge is 0.493 e. The van der Waals surface area contributed by atoms with Crippen LogP contribution < -0.4 is 10.1 Å². The molecule has 0 bridgehead atoms. The lowest BCUT2D eigenvalue weighted by Crippen LogP contribution is -2.31. The molecule has 1 atom stereocenters. The standard InChI is InChI=1S/C19H15BrClN3O2/c20-12-4-6-16-13(11-12)14(8-10-26-16)22-18(25)7-5-15-19(21)23-17-3-1-2-9-24(15)17/h1-7,9,11,14H,8,10H2,(H,22,25)/b7-5+. The average Bonchev–Trinajstić information content (AvgIpc) is 2.95. The molecule has 26 heavy (non-hydrogen) atoms. The quantitative estimate of drug-likeness (QED) is 0.624. The fourth-order valence-electron chi connectivity index (χ4n) is 3.02. The molecule has 0 fully saturated rings. The second-order valence-electron chi connectivity index (χ2n) is 5.93. The molecule has 7 heteroatoms. The average molecular weight is 433 g/mol. The highest BCUT2D eigenvalue weighted by Gasteiger charge is 2.22. The van der Waals surface area contributed by atoms with Crippen molar-refractivity contribution in [3.8, 4) is 5.75 Å². The third kappa shape index (κ3) is 3.34. The van der Waals surface area contributed by atoms with Gasteiger partial charge in [-0.25, -0.2) is 4.98 Å². The molecule has 3 aromatic rings. The summed E-state index contributed by atoms with van der Waals surface area (Å²) in [4.78, 5) is 16.7. The van der Waals surface area contributed by atoms with E-state index >= 15 is 0 Å². The number of amides is 1. The summed E-state index contributed by atoms with van der Waals surface area (Å²) in [6.07, 6.45) is 5.74. The minimum atomic E-state index is -0.190. The zero-order valence-electron chi connectivity index (χ0n) is 13.7. The molecule has 3 heterocycles. The molecule has 1 amide bonds. The number of nitrogens with zero attached hydrogens (tertiary/aromatic N) is 2. The Balaban J connectivity index is 1.54. The molecule has 0 aliphatic carbocycles. The highest BCUT2D eigenvalue weighted by molar-refractivity contribution is 9.10. The minimum absolute atomic E-state index is 0.0916. The molecule has 1 N–H and O–H groups in total. The smallest absolute Gasteiger partial charge is 0.244 e. The van der Waals surface area contributed by atoms with Crippen LogP contribution in [-0.4, -0.2) is 21.9 Å². The van der Waals surface area contributed by atoms with Crippen molar-refractivity contribution in [2.45, 2.75) is 12.5 Å². The summed E-state index contributed by atoms with van der Waals surface area (Å²) >= 11 is 9.66. The van der Waals surface area contributed by atoms with Crippen molar-refractivity contribution >= 4 is 45.2 Å². The Kier molecular flexibility index (Phi) is 4.70. The van der Waals surface area contributed by atoms with E-state index in [1.807, 2.05) is 47.0 Å². The maximum atomic E-state index is 12.4. The summed E-state index contributed by atoms with van der Waals surface area (Å²) in [7, 11) is 0. The molecule has 0 radical (unpaired) electrons. The van der Waals surface area contributed by atoms with Crippen molar-refractivity contribution in [2.24, 2.45) is 0 Å². The Bertz CT molecular complexity index is 1020. The number of carbonyl (C=O) groups is 1. The Hall–Kier alpha value is -2.31. The first-order chi connectivity index (χ1) is 12.6. The third-order valence-electron chi connectivity index (χ3n) is 4.24. The van der Waals surface area contributed by atoms with Crippen LogP contribution in [0.15, 0.2) is 53.1 Å². The number of rotatable bonds is 3. The van der Waals surface area contributed by atoms with Crippen LogP contribution in [-0.2, 0) is 4.79 Å². The number of ether oxygens (including phenoxy) is 1. The van der Waals surface area contributed by atoms with Gasteiger partial charge in [0.25, 0.3) is 0 Å². The van der Waals surface area contributed by atoms with Crippen molar-refractivity contribution in [1.29, 1.82) is 0 Å². The van der Waals surface area contributed by atoms with Crippen molar-refractivity contribution in [3.63, 3.8) is 0 Å². The maximum Gasteiger partial charge on any atom is 0.244 e. The van der Waals surface area contributed by atoms with Gasteiger partial charge in [-0.3, -0.25) is 9.20 Å². The lowest BCUT2D eigenvalue weighted by Gasteiger charge is -2.26. The molecule has 5 nitrogen and oxygen atoms in total. The Morgan fingerprint density at radius 3 is 3.15 bits per heavy atom. The number of carbonyl (C=O) groups excluding carboxylic acids is 1. The monoisotopic (exact) mass is 431 g/mol. The van der Waals surface area contributed by atoms with Gasteiger partial charge >= 0.3 is 0 Å². The van der Waals surface area contributed by atoms with Crippen LogP contribution >= 0.6 is 27.5 Å². The van der Waals surface area contributed by atoms with Crippen LogP contribution in [0.25, 0.3) is 11.7 Å². The van der Waals surface area contributed by atoms with E-state index < -0.39 is 0 Å². The number of fused-ring (bicyclic) bond motifs is 2. The van der Waals surface area contributed by atoms with Crippen LogP contribution in [0.2, 0.25) is 5.15 Å². The van der Waals surface area contributed by atoms with E-state index in [1.54, 1.807) is 6.08 Å². The predicted octanol–water partition coefficient (Wildman–Crippen LogP) is 4.40. The van der Waals surface area contributed by atoms with Crippen molar-refractivity contribution < 1.29 is 9.53 Å². The summed E-state index contributed by atoms with van der Waals surface area (Å²) in [6, 6.07) is 11.4. The number of benzene rings is 1. The molecule has 0 spiro atoms. The summed E-state index contributed by atoms with van der Waals surface area (Å²) in [6.45, 7) is 0.572. The Labute approximate surface area is 163 Å². The van der Waals surface area contributed by atoms with Gasteiger partial charge in [-0.05, 0) is 36.4 Å². The highest BCUT2D eigenvalue weighted by Crippen LogP contribution is 2.34. The minimum Gasteiger partial charge on any atom is -0.493 e. The Morgan fingerprint density at radius 2 is 2.27 bits per heavy atom. The molecule has 1 unspecified atom stereocenters. The van der Waals surface area contributed by atoms with Crippen molar-refractivity contribution in [3.05, 3.63) is 69.6 Å². The second kappa shape index (κ2) is 7.13. The van der Waals surface area contributed by atoms with Gasteiger partial charge in [0, 0.05) is 28.7 Å². The normalized spacial score (nSPS) is 16.5. The number of nitrogens with one attached hydrogen (secondary N) is 1. The number of hydrogen-bond donors (Lipinski definition) is 1. The summed E-state index contributed by atoms with van der Waals surface area (Å²) in [5, 5.41) is 3.39. The molecule has 1 aliphatic rings. The van der Waals surface area contributed by atoms with Crippen LogP contribution in [0.3, 0.4) is 0 Å². The molecule has 1 aromatic carbocycles. The van der Waals surface area contributed by atoms with E-state index in [0.29, 0.717) is 17.5 Å². The van der Waals surface area contributed by atoms with E-state index in [0.717, 1.165) is 27.9 Å². The Morgan fingerprint density at radius 1 is 1.38 bits per heavy atom. The maximum absolute atomic E-state index is 12.4. The van der Waals surface area contributed by atoms with Gasteiger partial charge in [-0.1, -0.05) is 33.6 Å². The predicted molar refractivity (Wildman–Crippen MR) is 104 cm³/mol. The number of imidazole rings is 1.